The molecule has 0 saturated carbocycles. The molecule has 0 aliphatic rings. The quantitative estimate of drug-likeness (QED) is 0.225. The van der Waals surface area contributed by atoms with Gasteiger partial charge in [0.05, 0.1) is 33.1 Å². The molecule has 0 bridgehead atoms. The maximum absolute atomic E-state index is 13.8. The number of nitrogens with one attached hydrogen (secondary N) is 2. The van der Waals surface area contributed by atoms with Crippen molar-refractivity contribution >= 4 is 68.6 Å². The molecule has 2 aromatic rings. The van der Waals surface area contributed by atoms with Crippen LogP contribution < -0.4 is 10.6 Å². The van der Waals surface area contributed by atoms with Gasteiger partial charge in [0.2, 0.25) is 5.91 Å². The molecule has 1 atom stereocenters. The summed E-state index contributed by atoms with van der Waals surface area (Å²) in [5.74, 6) is -6.70. The van der Waals surface area contributed by atoms with E-state index in [1.165, 1.54) is 38.1 Å². The van der Waals surface area contributed by atoms with Gasteiger partial charge in [-0.2, -0.15) is 13.2 Å². The Morgan fingerprint density at radius 1 is 1.00 bits per heavy atom. The van der Waals surface area contributed by atoms with Crippen LogP contribution in [0, 0.1) is 0 Å². The second-order valence-corrected chi connectivity index (χ2v) is 10.8. The topological polar surface area (TPSA) is 58.2 Å². The number of hydrogen-bond donors (Lipinski definition) is 2. The van der Waals surface area contributed by atoms with Gasteiger partial charge in [-0.25, -0.2) is 8.78 Å². The van der Waals surface area contributed by atoms with Crippen molar-refractivity contribution in [3.63, 3.8) is 0 Å². The summed E-state index contributed by atoms with van der Waals surface area (Å²) in [6.45, 7) is 2.42. The number of halogens is 9. The molecule has 0 fully saturated rings. The summed E-state index contributed by atoms with van der Waals surface area (Å²) in [5.41, 5.74) is -1.34. The number of benzene rings is 2. The van der Waals surface area contributed by atoms with E-state index in [4.69, 9.17) is 34.8 Å². The van der Waals surface area contributed by atoms with Crippen LogP contribution in [0.3, 0.4) is 0 Å². The smallest absolute Gasteiger partial charge is 0.348 e. The summed E-state index contributed by atoms with van der Waals surface area (Å²) in [7, 11) is 0. The second kappa shape index (κ2) is 11.9. The maximum atomic E-state index is 13.8. The lowest BCUT2D eigenvalue weighted by molar-refractivity contribution is -0.139. The highest BCUT2D eigenvalue weighted by Gasteiger charge is 2.39. The molecule has 1 unspecified atom stereocenters. The molecule has 0 aliphatic heterocycles. The van der Waals surface area contributed by atoms with E-state index >= 15 is 0 Å². The molecule has 0 spiro atoms. The Labute approximate surface area is 233 Å². The van der Waals surface area contributed by atoms with E-state index in [0.29, 0.717) is 12.5 Å². The van der Waals surface area contributed by atoms with Gasteiger partial charge < -0.3 is 10.6 Å². The molecule has 13 heteroatoms. The molecule has 2 N–H and O–H groups in total. The first kappa shape index (κ1) is 31.3. The van der Waals surface area contributed by atoms with Crippen LogP contribution in [-0.2, 0) is 4.79 Å². The number of allylic oxidation sites excluding steroid dienone is 1. The zero-order valence-corrected chi connectivity index (χ0v) is 23.4. The fourth-order valence-corrected chi connectivity index (χ4v) is 4.24. The average molecular weight is 651 g/mol. The highest BCUT2D eigenvalue weighted by molar-refractivity contribution is 9.10. The molecular formula is C24H21BrCl3F5N2O2. The predicted octanol–water partition coefficient (Wildman–Crippen LogP) is 8.05. The summed E-state index contributed by atoms with van der Waals surface area (Å²) in [6, 6.07) is 6.32. The van der Waals surface area contributed by atoms with Crippen LogP contribution in [0.15, 0.2) is 40.9 Å². The minimum atomic E-state index is -4.66. The summed E-state index contributed by atoms with van der Waals surface area (Å²) in [4.78, 5) is 24.9. The minimum Gasteiger partial charge on any atom is -0.348 e. The van der Waals surface area contributed by atoms with E-state index in [-0.39, 0.29) is 30.7 Å². The summed E-state index contributed by atoms with van der Waals surface area (Å²) >= 11 is 20.8. The maximum Gasteiger partial charge on any atom is 0.399 e. The third-order valence-corrected chi connectivity index (χ3v) is 6.84. The first-order valence-corrected chi connectivity index (χ1v) is 12.4. The molecule has 0 heterocycles. The van der Waals surface area contributed by atoms with Crippen LogP contribution in [-0.4, -0.2) is 36.0 Å². The Hall–Kier alpha value is -1.88. The first-order valence-electron chi connectivity index (χ1n) is 10.5. The Morgan fingerprint density at radius 2 is 1.57 bits per heavy atom. The van der Waals surface area contributed by atoms with Gasteiger partial charge in [0.1, 0.15) is 5.54 Å². The van der Waals surface area contributed by atoms with Crippen LogP contribution in [0.1, 0.15) is 48.2 Å². The fraction of sp³-hybridized carbons (Fsp3) is 0.333. The lowest BCUT2D eigenvalue weighted by atomic mass is 9.97. The Bertz CT molecular complexity index is 1190. The van der Waals surface area contributed by atoms with Crippen LogP contribution >= 0.6 is 50.7 Å². The van der Waals surface area contributed by atoms with Gasteiger partial charge in [-0.05, 0) is 65.2 Å². The predicted molar refractivity (Wildman–Crippen MR) is 139 cm³/mol. The molecule has 0 radical (unpaired) electrons. The molecule has 2 rings (SSSR count). The van der Waals surface area contributed by atoms with Gasteiger partial charge in [0.25, 0.3) is 11.8 Å². The SMILES string of the molecule is CC(F)(F)CNC(=O)C(C)(C)NC(=O)c1ccc(/C=C/C(c2cc(Cl)c(Cl)c(Cl)c2)C(F)(F)F)cc1Br. The first-order chi connectivity index (χ1) is 16.8. The van der Waals surface area contributed by atoms with E-state index in [2.05, 4.69) is 26.6 Å². The molecule has 0 saturated heterocycles. The lowest BCUT2D eigenvalue weighted by Crippen LogP contribution is -2.56. The number of carbonyl (C=O) groups excluding carboxylic acids is 2. The molecule has 202 valence electrons. The number of carbonyl (C=O) groups is 2. The largest absolute Gasteiger partial charge is 0.399 e. The Morgan fingerprint density at radius 3 is 2.05 bits per heavy atom. The van der Waals surface area contributed by atoms with Gasteiger partial charge in [-0.15, -0.1) is 0 Å². The summed E-state index contributed by atoms with van der Waals surface area (Å²) < 4.78 is 67.5. The number of rotatable bonds is 8. The van der Waals surface area contributed by atoms with Gasteiger partial charge in [-0.3, -0.25) is 9.59 Å². The van der Waals surface area contributed by atoms with E-state index < -0.39 is 41.9 Å². The van der Waals surface area contributed by atoms with Crippen LogP contribution in [0.25, 0.3) is 6.08 Å². The monoisotopic (exact) mass is 648 g/mol. The molecular weight excluding hydrogens is 630 g/mol. The molecule has 2 aromatic carbocycles. The van der Waals surface area contributed by atoms with E-state index in [1.807, 2.05) is 0 Å². The molecule has 4 nitrogen and oxygen atoms in total. The van der Waals surface area contributed by atoms with Gasteiger partial charge in [0, 0.05) is 11.4 Å². The van der Waals surface area contributed by atoms with Crippen molar-refractivity contribution in [1.29, 1.82) is 0 Å². The van der Waals surface area contributed by atoms with E-state index in [0.717, 1.165) is 18.2 Å². The number of alkyl halides is 5. The van der Waals surface area contributed by atoms with E-state index in [1.54, 1.807) is 0 Å². The van der Waals surface area contributed by atoms with Crippen molar-refractivity contribution in [2.24, 2.45) is 0 Å². The normalized spacial score (nSPS) is 13.5. The van der Waals surface area contributed by atoms with Gasteiger partial charge in [-0.1, -0.05) is 53.0 Å². The number of amides is 2. The lowest BCUT2D eigenvalue weighted by Gasteiger charge is -2.26. The third kappa shape index (κ3) is 8.84. The molecule has 37 heavy (non-hydrogen) atoms. The molecule has 2 amide bonds. The average Bonchev–Trinajstić information content (AvgIpc) is 2.74. The second-order valence-electron chi connectivity index (χ2n) is 8.75. The zero-order valence-electron chi connectivity index (χ0n) is 19.5. The molecule has 0 aromatic heterocycles. The fourth-order valence-electron chi connectivity index (χ4n) is 3.05. The van der Waals surface area contributed by atoms with Gasteiger partial charge >= 0.3 is 6.18 Å². The number of hydrogen-bond acceptors (Lipinski definition) is 2. The van der Waals surface area contributed by atoms with Crippen molar-refractivity contribution in [2.45, 2.75) is 44.3 Å². The standard InChI is InChI=1S/C24H21BrCl3F5N2O2/c1-22(2,21(37)34-11-23(3,29)30)35-20(36)14-6-4-12(8-16(14)25)5-7-15(24(31,32)33)13-9-17(26)19(28)18(27)10-13/h4-10,15H,11H2,1-3H3,(H,34,37)(H,35,36)/b7-5+. The summed E-state index contributed by atoms with van der Waals surface area (Å²) in [6.07, 6.45) is -2.54. The van der Waals surface area contributed by atoms with Crippen LogP contribution in [0.5, 0.6) is 0 Å². The van der Waals surface area contributed by atoms with E-state index in [9.17, 15) is 31.5 Å². The zero-order chi connectivity index (χ0) is 28.3. The minimum absolute atomic E-state index is 0.0567. The van der Waals surface area contributed by atoms with Crippen molar-refractivity contribution in [1.82, 2.24) is 10.6 Å². The third-order valence-electron chi connectivity index (χ3n) is 4.99. The van der Waals surface area contributed by atoms with Crippen LogP contribution in [0.4, 0.5) is 22.0 Å². The van der Waals surface area contributed by atoms with Crippen molar-refractivity contribution in [2.75, 3.05) is 6.54 Å². The van der Waals surface area contributed by atoms with Gasteiger partial charge in [0.15, 0.2) is 0 Å². The summed E-state index contributed by atoms with van der Waals surface area (Å²) in [5, 5.41) is 4.22. The Balaban J connectivity index is 2.24. The van der Waals surface area contributed by atoms with Crippen molar-refractivity contribution < 1.29 is 31.5 Å². The van der Waals surface area contributed by atoms with Crippen molar-refractivity contribution in [3.8, 4) is 0 Å². The van der Waals surface area contributed by atoms with Crippen molar-refractivity contribution in [3.05, 3.63) is 72.6 Å². The highest BCUT2D eigenvalue weighted by Crippen LogP contribution is 2.41. The highest BCUT2D eigenvalue weighted by atomic mass is 79.9. The van der Waals surface area contributed by atoms with Crippen LogP contribution in [0.2, 0.25) is 15.1 Å². The molecule has 0 aliphatic carbocycles. The Kier molecular flexibility index (Phi) is 10.1.